The molecule has 0 unspecified atom stereocenters. The maximum atomic E-state index is 13.6. The molecule has 10 heteroatoms. The number of ether oxygens (including phenoxy) is 1. The van der Waals surface area contributed by atoms with Gasteiger partial charge in [-0.15, -0.1) is 0 Å². The van der Waals surface area contributed by atoms with Crippen LogP contribution < -0.4 is 10.6 Å². The van der Waals surface area contributed by atoms with Gasteiger partial charge in [0.1, 0.15) is 11.6 Å². The van der Waals surface area contributed by atoms with Crippen molar-refractivity contribution in [1.82, 2.24) is 9.62 Å². The molecule has 4 rings (SSSR count). The van der Waals surface area contributed by atoms with Gasteiger partial charge in [-0.1, -0.05) is 12.1 Å². The molecular formula is C20H21F2N3O4S. The van der Waals surface area contributed by atoms with Gasteiger partial charge in [-0.3, -0.25) is 0 Å². The number of nitrogens with zero attached hydrogens (tertiary/aromatic N) is 1. The third-order valence-corrected chi connectivity index (χ3v) is 7.25. The van der Waals surface area contributed by atoms with Crippen molar-refractivity contribution in [2.45, 2.75) is 36.0 Å². The zero-order chi connectivity index (χ0) is 21.3. The van der Waals surface area contributed by atoms with E-state index in [2.05, 4.69) is 10.6 Å². The number of sulfonamides is 1. The van der Waals surface area contributed by atoms with Crippen LogP contribution in [0.2, 0.25) is 0 Å². The van der Waals surface area contributed by atoms with E-state index in [1.807, 2.05) is 0 Å². The standard InChI is InChI=1S/C20H21F2N3O4S/c21-13-5-8-15(9-6-13)30(27,28)25-12-19-18(25)10-7-14(29-19)11-23-20(26)24-17-4-2-1-3-16(17)22/h1-6,8-9,14,18-19H,7,10-12H2,(H2,23,24,26)/t14-,18-,19-/m1/s1. The minimum absolute atomic E-state index is 0.0518. The molecule has 3 atom stereocenters. The van der Waals surface area contributed by atoms with Gasteiger partial charge in [0, 0.05) is 13.1 Å². The summed E-state index contributed by atoms with van der Waals surface area (Å²) in [5, 5.41) is 5.09. The molecule has 0 saturated carbocycles. The molecule has 7 nitrogen and oxygen atoms in total. The number of carbonyl (C=O) groups is 1. The molecule has 0 aromatic heterocycles. The number of nitrogens with one attached hydrogen (secondary N) is 2. The minimum Gasteiger partial charge on any atom is -0.370 e. The fourth-order valence-electron chi connectivity index (χ4n) is 3.72. The zero-order valence-electron chi connectivity index (χ0n) is 15.9. The van der Waals surface area contributed by atoms with Crippen LogP contribution in [0.4, 0.5) is 19.3 Å². The highest BCUT2D eigenvalue weighted by Crippen LogP contribution is 2.36. The Morgan fingerprint density at radius 2 is 1.83 bits per heavy atom. The van der Waals surface area contributed by atoms with E-state index in [-0.39, 0.29) is 41.9 Å². The number of benzene rings is 2. The van der Waals surface area contributed by atoms with Crippen molar-refractivity contribution in [3.8, 4) is 0 Å². The second kappa shape index (κ2) is 8.29. The van der Waals surface area contributed by atoms with Gasteiger partial charge in [-0.25, -0.2) is 22.0 Å². The SMILES string of the molecule is O=C(NC[C@H]1CC[C@@H]2[C@@H](CN2S(=O)(=O)c2ccc(F)cc2)O1)Nc1ccccc1F. The molecule has 2 heterocycles. The van der Waals surface area contributed by atoms with Crippen LogP contribution in [0.25, 0.3) is 0 Å². The molecule has 2 aliphatic heterocycles. The van der Waals surface area contributed by atoms with Gasteiger partial charge in [-0.2, -0.15) is 4.31 Å². The lowest BCUT2D eigenvalue weighted by molar-refractivity contribution is -0.136. The largest absolute Gasteiger partial charge is 0.370 e. The molecule has 0 bridgehead atoms. The van der Waals surface area contributed by atoms with Crippen LogP contribution in [0, 0.1) is 11.6 Å². The third kappa shape index (κ3) is 4.16. The van der Waals surface area contributed by atoms with Crippen molar-refractivity contribution in [1.29, 1.82) is 0 Å². The van der Waals surface area contributed by atoms with Crippen molar-refractivity contribution in [2.75, 3.05) is 18.4 Å². The fourth-order valence-corrected chi connectivity index (χ4v) is 5.41. The molecule has 160 valence electrons. The number of para-hydroxylation sites is 1. The summed E-state index contributed by atoms with van der Waals surface area (Å²) >= 11 is 0. The first-order valence-corrected chi connectivity index (χ1v) is 11.0. The summed E-state index contributed by atoms with van der Waals surface area (Å²) in [7, 11) is -3.70. The Bertz CT molecular complexity index is 1030. The highest BCUT2D eigenvalue weighted by molar-refractivity contribution is 7.89. The second-order valence-electron chi connectivity index (χ2n) is 7.28. The number of rotatable bonds is 5. The smallest absolute Gasteiger partial charge is 0.319 e. The van der Waals surface area contributed by atoms with Crippen LogP contribution >= 0.6 is 0 Å². The first-order chi connectivity index (χ1) is 14.3. The second-order valence-corrected chi connectivity index (χ2v) is 9.18. The first-order valence-electron chi connectivity index (χ1n) is 9.57. The van der Waals surface area contributed by atoms with E-state index < -0.39 is 27.7 Å². The van der Waals surface area contributed by atoms with Gasteiger partial charge < -0.3 is 15.4 Å². The van der Waals surface area contributed by atoms with Gasteiger partial charge in [0.25, 0.3) is 0 Å². The number of fused-ring (bicyclic) bond motifs is 1. The lowest BCUT2D eigenvalue weighted by Crippen LogP contribution is -2.66. The molecule has 2 aromatic carbocycles. The quantitative estimate of drug-likeness (QED) is 0.753. The molecule has 2 N–H and O–H groups in total. The summed E-state index contributed by atoms with van der Waals surface area (Å²) in [5.74, 6) is -1.02. The average Bonchev–Trinajstić information content (AvgIpc) is 2.70. The van der Waals surface area contributed by atoms with E-state index in [0.29, 0.717) is 12.8 Å². The number of halogens is 2. The van der Waals surface area contributed by atoms with Crippen LogP contribution in [0.15, 0.2) is 53.4 Å². The van der Waals surface area contributed by atoms with E-state index in [1.165, 1.54) is 34.6 Å². The highest BCUT2D eigenvalue weighted by atomic mass is 32.2. The van der Waals surface area contributed by atoms with Crippen molar-refractivity contribution in [3.63, 3.8) is 0 Å². The Morgan fingerprint density at radius 1 is 1.10 bits per heavy atom. The molecule has 0 radical (unpaired) electrons. The van der Waals surface area contributed by atoms with Gasteiger partial charge in [-0.05, 0) is 49.2 Å². The van der Waals surface area contributed by atoms with Crippen molar-refractivity contribution >= 4 is 21.7 Å². The Kier molecular flexibility index (Phi) is 5.72. The van der Waals surface area contributed by atoms with Crippen LogP contribution in [0.1, 0.15) is 12.8 Å². The van der Waals surface area contributed by atoms with E-state index in [9.17, 15) is 22.0 Å². The van der Waals surface area contributed by atoms with Crippen molar-refractivity contribution in [2.24, 2.45) is 0 Å². The molecule has 2 saturated heterocycles. The predicted molar refractivity (Wildman–Crippen MR) is 105 cm³/mol. The molecule has 2 amide bonds. The third-order valence-electron chi connectivity index (χ3n) is 5.34. The topological polar surface area (TPSA) is 87.7 Å². The number of hydrogen-bond acceptors (Lipinski definition) is 4. The zero-order valence-corrected chi connectivity index (χ0v) is 16.7. The van der Waals surface area contributed by atoms with E-state index in [4.69, 9.17) is 4.74 Å². The molecule has 2 aromatic rings. The van der Waals surface area contributed by atoms with Gasteiger partial charge in [0.05, 0.1) is 28.8 Å². The summed E-state index contributed by atoms with van der Waals surface area (Å²) in [6, 6.07) is 9.79. The van der Waals surface area contributed by atoms with Crippen LogP contribution in [-0.4, -0.2) is 50.1 Å². The summed E-state index contributed by atoms with van der Waals surface area (Å²) in [5.41, 5.74) is 0.0836. The number of carbonyl (C=O) groups excluding carboxylic acids is 1. The lowest BCUT2D eigenvalue weighted by atomic mass is 9.92. The van der Waals surface area contributed by atoms with E-state index in [1.54, 1.807) is 6.07 Å². The summed E-state index contributed by atoms with van der Waals surface area (Å²) in [6.07, 6.45) is 0.645. The van der Waals surface area contributed by atoms with E-state index in [0.717, 1.165) is 12.1 Å². The summed E-state index contributed by atoms with van der Waals surface area (Å²) < 4.78 is 59.4. The highest BCUT2D eigenvalue weighted by Gasteiger charge is 2.49. The Hall–Kier alpha value is -2.56. The molecule has 0 spiro atoms. The Labute approximate surface area is 173 Å². The van der Waals surface area contributed by atoms with Crippen molar-refractivity contribution < 1.29 is 26.7 Å². The molecule has 0 aliphatic carbocycles. The van der Waals surface area contributed by atoms with E-state index >= 15 is 0 Å². The maximum absolute atomic E-state index is 13.6. The summed E-state index contributed by atoms with van der Waals surface area (Å²) in [4.78, 5) is 12.0. The summed E-state index contributed by atoms with van der Waals surface area (Å²) in [6.45, 7) is 0.441. The minimum atomic E-state index is -3.70. The molecule has 2 fully saturated rings. The molecule has 2 aliphatic rings. The van der Waals surface area contributed by atoms with Crippen LogP contribution in [0.3, 0.4) is 0 Å². The lowest BCUT2D eigenvalue weighted by Gasteiger charge is -2.50. The Balaban J connectivity index is 1.28. The number of anilines is 1. The predicted octanol–water partition coefficient (Wildman–Crippen LogP) is 2.71. The van der Waals surface area contributed by atoms with Crippen molar-refractivity contribution in [3.05, 3.63) is 60.2 Å². The van der Waals surface area contributed by atoms with Gasteiger partial charge in [0.2, 0.25) is 10.0 Å². The first kappa shape index (κ1) is 20.7. The molecular weight excluding hydrogens is 416 g/mol. The fraction of sp³-hybridized carbons (Fsp3) is 0.350. The van der Waals surface area contributed by atoms with Crippen LogP contribution in [-0.2, 0) is 14.8 Å². The maximum Gasteiger partial charge on any atom is 0.319 e. The number of hydrogen-bond donors (Lipinski definition) is 2. The van der Waals surface area contributed by atoms with Crippen LogP contribution in [0.5, 0.6) is 0 Å². The molecule has 30 heavy (non-hydrogen) atoms. The van der Waals surface area contributed by atoms with Gasteiger partial charge in [0.15, 0.2) is 0 Å². The average molecular weight is 437 g/mol. The number of urea groups is 1. The van der Waals surface area contributed by atoms with Gasteiger partial charge >= 0.3 is 6.03 Å². The monoisotopic (exact) mass is 437 g/mol. The Morgan fingerprint density at radius 3 is 2.53 bits per heavy atom. The normalized spacial score (nSPS) is 23.9. The number of amides is 2.